The van der Waals surface area contributed by atoms with Gasteiger partial charge in [0, 0.05) is 25.0 Å². The standard InChI is InChI=1S/C12H21N3O/c1-4-8-15-9-7-13-11(12(15)16)14-10(5-2)6-3/h7,9-10H,4-6,8H2,1-3H3,(H,13,14). The third kappa shape index (κ3) is 3.08. The first-order chi connectivity index (χ1) is 7.72. The van der Waals surface area contributed by atoms with E-state index in [4.69, 9.17) is 0 Å². The fraction of sp³-hybridized carbons (Fsp3) is 0.667. The van der Waals surface area contributed by atoms with Crippen molar-refractivity contribution in [1.29, 1.82) is 0 Å². The molecule has 0 aliphatic rings. The molecule has 0 unspecified atom stereocenters. The second kappa shape index (κ2) is 6.30. The van der Waals surface area contributed by atoms with E-state index in [1.807, 2.05) is 0 Å². The summed E-state index contributed by atoms with van der Waals surface area (Å²) in [4.78, 5) is 16.1. The molecule has 1 aromatic rings. The van der Waals surface area contributed by atoms with Gasteiger partial charge in [0.2, 0.25) is 0 Å². The smallest absolute Gasteiger partial charge is 0.293 e. The van der Waals surface area contributed by atoms with Gasteiger partial charge in [-0.1, -0.05) is 20.8 Å². The number of nitrogens with one attached hydrogen (secondary N) is 1. The summed E-state index contributed by atoms with van der Waals surface area (Å²) in [5.74, 6) is 0.477. The van der Waals surface area contributed by atoms with Crippen LogP contribution in [0, 0.1) is 0 Å². The number of hydrogen-bond acceptors (Lipinski definition) is 3. The Morgan fingerprint density at radius 1 is 1.38 bits per heavy atom. The molecule has 4 heteroatoms. The van der Waals surface area contributed by atoms with Crippen LogP contribution in [0.25, 0.3) is 0 Å². The first kappa shape index (κ1) is 12.7. The molecule has 0 saturated heterocycles. The molecule has 0 atom stereocenters. The van der Waals surface area contributed by atoms with Crippen LogP contribution in [0.4, 0.5) is 5.82 Å². The lowest BCUT2D eigenvalue weighted by atomic mass is 10.2. The highest BCUT2D eigenvalue weighted by Crippen LogP contribution is 2.04. The van der Waals surface area contributed by atoms with Crippen LogP contribution in [0.1, 0.15) is 40.0 Å². The molecule has 0 radical (unpaired) electrons. The molecule has 1 heterocycles. The number of aryl methyl sites for hydroxylation is 1. The van der Waals surface area contributed by atoms with Crippen molar-refractivity contribution in [2.45, 2.75) is 52.6 Å². The zero-order valence-electron chi connectivity index (χ0n) is 10.4. The van der Waals surface area contributed by atoms with Crippen molar-refractivity contribution in [3.63, 3.8) is 0 Å². The highest BCUT2D eigenvalue weighted by molar-refractivity contribution is 5.32. The topological polar surface area (TPSA) is 46.9 Å². The van der Waals surface area contributed by atoms with Crippen LogP contribution in [0.5, 0.6) is 0 Å². The average molecular weight is 223 g/mol. The summed E-state index contributed by atoms with van der Waals surface area (Å²) in [7, 11) is 0. The third-order valence-electron chi connectivity index (χ3n) is 2.70. The Labute approximate surface area is 96.7 Å². The minimum absolute atomic E-state index is 0.0174. The van der Waals surface area contributed by atoms with Crippen molar-refractivity contribution in [1.82, 2.24) is 9.55 Å². The van der Waals surface area contributed by atoms with Crippen LogP contribution < -0.4 is 10.9 Å². The molecule has 0 spiro atoms. The quantitative estimate of drug-likeness (QED) is 0.804. The first-order valence-electron chi connectivity index (χ1n) is 6.04. The molecule has 1 rings (SSSR count). The molecular weight excluding hydrogens is 202 g/mol. The van der Waals surface area contributed by atoms with Gasteiger partial charge in [-0.3, -0.25) is 4.79 Å². The average Bonchev–Trinajstić information content (AvgIpc) is 2.30. The van der Waals surface area contributed by atoms with Gasteiger partial charge in [0.15, 0.2) is 5.82 Å². The van der Waals surface area contributed by atoms with E-state index < -0.39 is 0 Å². The summed E-state index contributed by atoms with van der Waals surface area (Å²) in [6.45, 7) is 7.02. The van der Waals surface area contributed by atoms with Crippen molar-refractivity contribution in [2.75, 3.05) is 5.32 Å². The van der Waals surface area contributed by atoms with E-state index >= 15 is 0 Å². The normalized spacial score (nSPS) is 10.8. The molecule has 0 amide bonds. The molecule has 0 saturated carbocycles. The molecule has 16 heavy (non-hydrogen) atoms. The van der Waals surface area contributed by atoms with Gasteiger partial charge in [-0.2, -0.15) is 0 Å². The van der Waals surface area contributed by atoms with E-state index in [0.29, 0.717) is 11.9 Å². The maximum absolute atomic E-state index is 12.0. The molecule has 0 aliphatic heterocycles. The van der Waals surface area contributed by atoms with E-state index in [2.05, 4.69) is 31.1 Å². The molecule has 1 aromatic heterocycles. The number of hydrogen-bond donors (Lipinski definition) is 1. The maximum atomic E-state index is 12.0. The van der Waals surface area contributed by atoms with Crippen molar-refractivity contribution in [2.24, 2.45) is 0 Å². The third-order valence-corrected chi connectivity index (χ3v) is 2.70. The first-order valence-corrected chi connectivity index (χ1v) is 6.04. The Hall–Kier alpha value is -1.32. The summed E-state index contributed by atoms with van der Waals surface area (Å²) in [6, 6.07) is 0.331. The molecule has 0 aliphatic carbocycles. The predicted octanol–water partition coefficient (Wildman–Crippen LogP) is 2.25. The summed E-state index contributed by atoms with van der Waals surface area (Å²) in [5.41, 5.74) is -0.0174. The van der Waals surface area contributed by atoms with Gasteiger partial charge in [0.05, 0.1) is 0 Å². The van der Waals surface area contributed by atoms with Crippen LogP contribution in [-0.2, 0) is 6.54 Å². The van der Waals surface area contributed by atoms with Gasteiger partial charge in [0.1, 0.15) is 0 Å². The van der Waals surface area contributed by atoms with Crippen molar-refractivity contribution in [3.8, 4) is 0 Å². The second-order valence-corrected chi connectivity index (χ2v) is 3.93. The van der Waals surface area contributed by atoms with Crippen molar-refractivity contribution >= 4 is 5.82 Å². The van der Waals surface area contributed by atoms with Gasteiger partial charge in [-0.05, 0) is 19.3 Å². The van der Waals surface area contributed by atoms with E-state index in [9.17, 15) is 4.79 Å². The molecule has 0 aromatic carbocycles. The van der Waals surface area contributed by atoms with E-state index in [1.54, 1.807) is 17.0 Å². The van der Waals surface area contributed by atoms with E-state index in [-0.39, 0.29) is 5.56 Å². The largest absolute Gasteiger partial charge is 0.363 e. The Morgan fingerprint density at radius 3 is 2.62 bits per heavy atom. The summed E-state index contributed by atoms with van der Waals surface area (Å²) < 4.78 is 1.71. The van der Waals surface area contributed by atoms with E-state index in [1.165, 1.54) is 0 Å². The van der Waals surface area contributed by atoms with Gasteiger partial charge >= 0.3 is 0 Å². The van der Waals surface area contributed by atoms with Gasteiger partial charge in [-0.15, -0.1) is 0 Å². The van der Waals surface area contributed by atoms with E-state index in [0.717, 1.165) is 25.8 Å². The lowest BCUT2D eigenvalue weighted by molar-refractivity contribution is 0.635. The van der Waals surface area contributed by atoms with Gasteiger partial charge in [-0.25, -0.2) is 4.98 Å². The second-order valence-electron chi connectivity index (χ2n) is 3.93. The minimum Gasteiger partial charge on any atom is -0.363 e. The van der Waals surface area contributed by atoms with Gasteiger partial charge in [0.25, 0.3) is 5.56 Å². The Balaban J connectivity index is 2.88. The van der Waals surface area contributed by atoms with Crippen molar-refractivity contribution in [3.05, 3.63) is 22.7 Å². The predicted molar refractivity (Wildman–Crippen MR) is 66.8 cm³/mol. The van der Waals surface area contributed by atoms with Crippen molar-refractivity contribution < 1.29 is 0 Å². The Morgan fingerprint density at radius 2 is 2.06 bits per heavy atom. The molecular formula is C12H21N3O. The van der Waals surface area contributed by atoms with Crippen LogP contribution >= 0.6 is 0 Å². The number of anilines is 1. The molecule has 90 valence electrons. The number of aromatic nitrogens is 2. The number of nitrogens with zero attached hydrogens (tertiary/aromatic N) is 2. The zero-order chi connectivity index (χ0) is 12.0. The summed E-state index contributed by atoms with van der Waals surface area (Å²) >= 11 is 0. The highest BCUT2D eigenvalue weighted by Gasteiger charge is 2.08. The Bertz CT molecular complexity index is 369. The van der Waals surface area contributed by atoms with Crippen LogP contribution in [-0.4, -0.2) is 15.6 Å². The fourth-order valence-corrected chi connectivity index (χ4v) is 1.65. The van der Waals surface area contributed by atoms with Crippen LogP contribution in [0.2, 0.25) is 0 Å². The Kier molecular flexibility index (Phi) is 5.02. The highest BCUT2D eigenvalue weighted by atomic mass is 16.1. The summed E-state index contributed by atoms with van der Waals surface area (Å²) in [5, 5.41) is 3.20. The molecule has 4 nitrogen and oxygen atoms in total. The maximum Gasteiger partial charge on any atom is 0.293 e. The van der Waals surface area contributed by atoms with Crippen LogP contribution in [0.15, 0.2) is 17.2 Å². The SMILES string of the molecule is CCCn1ccnc(NC(CC)CC)c1=O. The molecule has 0 bridgehead atoms. The lowest BCUT2D eigenvalue weighted by Gasteiger charge is -2.15. The monoisotopic (exact) mass is 223 g/mol. The molecule has 1 N–H and O–H groups in total. The minimum atomic E-state index is -0.0174. The van der Waals surface area contributed by atoms with Gasteiger partial charge < -0.3 is 9.88 Å². The fourth-order valence-electron chi connectivity index (χ4n) is 1.65. The van der Waals surface area contributed by atoms with Crippen LogP contribution in [0.3, 0.4) is 0 Å². The lowest BCUT2D eigenvalue weighted by Crippen LogP contribution is -2.28. The molecule has 0 fully saturated rings. The zero-order valence-corrected chi connectivity index (χ0v) is 10.4. The summed E-state index contributed by atoms with van der Waals surface area (Å²) in [6.07, 6.45) is 6.38. The number of rotatable bonds is 6.